The van der Waals surface area contributed by atoms with E-state index < -0.39 is 0 Å². The lowest BCUT2D eigenvalue weighted by Gasteiger charge is -2.30. The number of nitrogens with one attached hydrogen (secondary N) is 1. The monoisotopic (exact) mass is 234 g/mol. The van der Waals surface area contributed by atoms with Gasteiger partial charge in [0.2, 0.25) is 0 Å². The fraction of sp³-hybridized carbons (Fsp3) is 0.933. The summed E-state index contributed by atoms with van der Waals surface area (Å²) in [4.78, 5) is 2.28. The third kappa shape index (κ3) is 2.23. The molecule has 0 amide bonds. The molecule has 17 heavy (non-hydrogen) atoms. The fourth-order valence-corrected chi connectivity index (χ4v) is 4.56. The summed E-state index contributed by atoms with van der Waals surface area (Å²) in [5, 5.41) is 8.32. The van der Waals surface area contributed by atoms with Crippen molar-refractivity contribution in [2.24, 2.45) is 23.7 Å². The number of hydrogen-bond donors (Lipinski definition) is 1. The van der Waals surface area contributed by atoms with Crippen LogP contribution in [0.25, 0.3) is 0 Å². The summed E-state index contributed by atoms with van der Waals surface area (Å²) in [6.07, 6.45) is 11.1. The Morgan fingerprint density at radius 3 is 2.47 bits per heavy atom. The molecular formula is C15H26N2. The Bertz CT molecular complexity index is 293. The van der Waals surface area contributed by atoms with E-state index in [0.717, 1.165) is 30.1 Å². The molecule has 0 spiro atoms. The molecule has 0 aromatic carbocycles. The smallest absolute Gasteiger partial charge is 0.0986 e. The Labute approximate surface area is 105 Å². The molecule has 3 fully saturated rings. The van der Waals surface area contributed by atoms with E-state index in [0.29, 0.717) is 5.92 Å². The summed E-state index contributed by atoms with van der Waals surface area (Å²) in [5.41, 5.74) is 0. The summed E-state index contributed by atoms with van der Waals surface area (Å²) in [7, 11) is 2.16. The van der Waals surface area contributed by atoms with Gasteiger partial charge in [-0.1, -0.05) is 19.3 Å². The van der Waals surface area contributed by atoms with Crippen LogP contribution in [0.4, 0.5) is 0 Å². The van der Waals surface area contributed by atoms with E-state index in [1.165, 1.54) is 51.4 Å². The van der Waals surface area contributed by atoms with E-state index in [-0.39, 0.29) is 0 Å². The van der Waals surface area contributed by atoms with Crippen molar-refractivity contribution in [2.45, 2.75) is 51.4 Å². The second-order valence-corrected chi connectivity index (χ2v) is 6.68. The van der Waals surface area contributed by atoms with Gasteiger partial charge in [-0.05, 0) is 49.9 Å². The third-order valence-electron chi connectivity index (χ3n) is 5.55. The van der Waals surface area contributed by atoms with Gasteiger partial charge in [0.15, 0.2) is 0 Å². The molecule has 2 nitrogen and oxygen atoms in total. The fourth-order valence-electron chi connectivity index (χ4n) is 4.56. The number of hydrogen-bond acceptors (Lipinski definition) is 1. The maximum Gasteiger partial charge on any atom is 0.0986 e. The highest BCUT2D eigenvalue weighted by Crippen LogP contribution is 2.48. The summed E-state index contributed by atoms with van der Waals surface area (Å²) >= 11 is 0. The first-order valence-corrected chi connectivity index (χ1v) is 7.53. The zero-order chi connectivity index (χ0) is 11.8. The van der Waals surface area contributed by atoms with Crippen LogP contribution >= 0.6 is 0 Å². The van der Waals surface area contributed by atoms with E-state index >= 15 is 0 Å². The minimum atomic E-state index is 0.582. The molecule has 0 heterocycles. The number of nitrogens with zero attached hydrogens (tertiary/aromatic N) is 1. The van der Waals surface area contributed by atoms with Crippen LogP contribution in [0.2, 0.25) is 0 Å². The van der Waals surface area contributed by atoms with Gasteiger partial charge in [0.1, 0.15) is 0 Å². The first kappa shape index (κ1) is 11.6. The van der Waals surface area contributed by atoms with Crippen molar-refractivity contribution in [1.82, 2.24) is 4.90 Å². The molecule has 3 aliphatic carbocycles. The minimum absolute atomic E-state index is 0.582. The predicted molar refractivity (Wildman–Crippen MR) is 71.3 cm³/mol. The van der Waals surface area contributed by atoms with Crippen molar-refractivity contribution in [1.29, 1.82) is 5.41 Å². The molecule has 2 heteroatoms. The summed E-state index contributed by atoms with van der Waals surface area (Å²) in [5.74, 6) is 4.46. The van der Waals surface area contributed by atoms with Gasteiger partial charge in [0, 0.05) is 19.5 Å². The van der Waals surface area contributed by atoms with Crippen LogP contribution in [0.15, 0.2) is 0 Å². The van der Waals surface area contributed by atoms with E-state index in [4.69, 9.17) is 5.41 Å². The molecule has 2 bridgehead atoms. The Morgan fingerprint density at radius 2 is 1.88 bits per heavy atom. The van der Waals surface area contributed by atoms with Crippen molar-refractivity contribution >= 4 is 5.84 Å². The molecule has 3 saturated carbocycles. The predicted octanol–water partition coefficient (Wildman–Crippen LogP) is 3.52. The average molecular weight is 234 g/mol. The Hall–Kier alpha value is -0.530. The lowest BCUT2D eigenvalue weighted by molar-refractivity contribution is 0.270. The second-order valence-electron chi connectivity index (χ2n) is 6.68. The van der Waals surface area contributed by atoms with Crippen molar-refractivity contribution in [3.8, 4) is 0 Å². The lowest BCUT2D eigenvalue weighted by Crippen LogP contribution is -2.36. The molecular weight excluding hydrogens is 208 g/mol. The maximum absolute atomic E-state index is 8.32. The van der Waals surface area contributed by atoms with Gasteiger partial charge in [0.25, 0.3) is 0 Å². The Balaban J connectivity index is 1.52. The second kappa shape index (κ2) is 4.62. The zero-order valence-electron chi connectivity index (χ0n) is 11.1. The summed E-state index contributed by atoms with van der Waals surface area (Å²) in [6, 6.07) is 0. The lowest BCUT2D eigenvalue weighted by atomic mass is 9.88. The molecule has 96 valence electrons. The van der Waals surface area contributed by atoms with Crippen LogP contribution in [0.1, 0.15) is 51.4 Å². The van der Waals surface area contributed by atoms with E-state index in [9.17, 15) is 0 Å². The highest BCUT2D eigenvalue weighted by atomic mass is 15.1. The molecule has 3 rings (SSSR count). The van der Waals surface area contributed by atoms with Crippen molar-refractivity contribution < 1.29 is 0 Å². The van der Waals surface area contributed by atoms with E-state index in [1.807, 2.05) is 0 Å². The molecule has 0 radical (unpaired) electrons. The standard InChI is InChI=1S/C15H26N2/c1-17(15(16)12-4-2-3-5-12)10-14-9-11-6-7-13(14)8-11/h11-14,16H,2-10H2,1H3. The van der Waals surface area contributed by atoms with Gasteiger partial charge in [-0.2, -0.15) is 0 Å². The van der Waals surface area contributed by atoms with Crippen LogP contribution in [0.5, 0.6) is 0 Å². The highest BCUT2D eigenvalue weighted by Gasteiger charge is 2.40. The molecule has 0 aromatic heterocycles. The van der Waals surface area contributed by atoms with Gasteiger partial charge in [-0.25, -0.2) is 0 Å². The quantitative estimate of drug-likeness (QED) is 0.587. The van der Waals surface area contributed by atoms with Crippen molar-refractivity contribution in [3.63, 3.8) is 0 Å². The Kier molecular flexibility index (Phi) is 3.14. The topological polar surface area (TPSA) is 27.1 Å². The Morgan fingerprint density at radius 1 is 1.12 bits per heavy atom. The molecule has 3 atom stereocenters. The SMILES string of the molecule is CN(CC1CC2CCC1C2)C(=N)C1CCCC1. The van der Waals surface area contributed by atoms with Gasteiger partial charge in [-0.3, -0.25) is 5.41 Å². The molecule has 0 saturated heterocycles. The van der Waals surface area contributed by atoms with Crippen LogP contribution in [0.3, 0.4) is 0 Å². The molecule has 0 aliphatic heterocycles. The molecule has 1 N–H and O–H groups in total. The minimum Gasteiger partial charge on any atom is -0.363 e. The first-order valence-electron chi connectivity index (χ1n) is 7.53. The van der Waals surface area contributed by atoms with Crippen molar-refractivity contribution in [2.75, 3.05) is 13.6 Å². The summed E-state index contributed by atoms with van der Waals surface area (Å²) < 4.78 is 0. The number of amidine groups is 1. The van der Waals surface area contributed by atoms with Crippen LogP contribution < -0.4 is 0 Å². The van der Waals surface area contributed by atoms with Gasteiger partial charge in [0.05, 0.1) is 5.84 Å². The average Bonchev–Trinajstić information content (AvgIpc) is 3.04. The largest absolute Gasteiger partial charge is 0.363 e. The van der Waals surface area contributed by atoms with Gasteiger partial charge in [-0.15, -0.1) is 0 Å². The summed E-state index contributed by atoms with van der Waals surface area (Å²) in [6.45, 7) is 1.16. The molecule has 0 aromatic rings. The normalized spacial score (nSPS) is 36.6. The van der Waals surface area contributed by atoms with Crippen LogP contribution in [-0.4, -0.2) is 24.3 Å². The number of fused-ring (bicyclic) bond motifs is 2. The molecule has 3 unspecified atom stereocenters. The van der Waals surface area contributed by atoms with Gasteiger partial charge >= 0.3 is 0 Å². The maximum atomic E-state index is 8.32. The zero-order valence-corrected chi connectivity index (χ0v) is 11.1. The van der Waals surface area contributed by atoms with Crippen LogP contribution in [-0.2, 0) is 0 Å². The molecule has 3 aliphatic rings. The highest BCUT2D eigenvalue weighted by molar-refractivity contribution is 5.81. The van der Waals surface area contributed by atoms with Gasteiger partial charge < -0.3 is 4.90 Å². The first-order chi connectivity index (χ1) is 8.24. The number of rotatable bonds is 3. The van der Waals surface area contributed by atoms with E-state index in [1.54, 1.807) is 0 Å². The third-order valence-corrected chi connectivity index (χ3v) is 5.55. The van der Waals surface area contributed by atoms with E-state index in [2.05, 4.69) is 11.9 Å². The van der Waals surface area contributed by atoms with Crippen molar-refractivity contribution in [3.05, 3.63) is 0 Å². The van der Waals surface area contributed by atoms with Crippen LogP contribution in [0, 0.1) is 29.1 Å².